The molecule has 0 unspecified atom stereocenters. The molecule has 0 spiro atoms. The zero-order valence-corrected chi connectivity index (χ0v) is 11.0. The Hall–Kier alpha value is -1.03. The SMILES string of the molecule is CN(C)c1ncn2c1CN(C(C)(C)C)CC2. The number of anilines is 1. The van der Waals surface area contributed by atoms with E-state index in [9.17, 15) is 0 Å². The summed E-state index contributed by atoms with van der Waals surface area (Å²) in [6.45, 7) is 9.97. The summed E-state index contributed by atoms with van der Waals surface area (Å²) < 4.78 is 2.28. The Morgan fingerprint density at radius 1 is 1.25 bits per heavy atom. The fourth-order valence-electron chi connectivity index (χ4n) is 2.19. The Labute approximate surface area is 97.9 Å². The Kier molecular flexibility index (Phi) is 2.70. The van der Waals surface area contributed by atoms with Gasteiger partial charge in [0.25, 0.3) is 0 Å². The van der Waals surface area contributed by atoms with Crippen LogP contribution >= 0.6 is 0 Å². The summed E-state index contributed by atoms with van der Waals surface area (Å²) in [5, 5.41) is 0. The van der Waals surface area contributed by atoms with Crippen molar-refractivity contribution in [3.63, 3.8) is 0 Å². The van der Waals surface area contributed by atoms with E-state index in [2.05, 4.69) is 54.2 Å². The molecule has 0 N–H and O–H groups in total. The summed E-state index contributed by atoms with van der Waals surface area (Å²) in [7, 11) is 4.11. The van der Waals surface area contributed by atoms with E-state index in [1.54, 1.807) is 0 Å². The van der Waals surface area contributed by atoms with Crippen molar-refractivity contribution in [2.75, 3.05) is 25.5 Å². The van der Waals surface area contributed by atoms with Gasteiger partial charge in [0.1, 0.15) is 0 Å². The molecule has 0 saturated heterocycles. The first-order chi connectivity index (χ1) is 7.39. The summed E-state index contributed by atoms with van der Waals surface area (Å²) >= 11 is 0. The van der Waals surface area contributed by atoms with Gasteiger partial charge in [-0.3, -0.25) is 4.90 Å². The minimum atomic E-state index is 0.235. The van der Waals surface area contributed by atoms with Crippen LogP contribution in [0.4, 0.5) is 5.82 Å². The van der Waals surface area contributed by atoms with Gasteiger partial charge in [-0.2, -0.15) is 0 Å². The number of imidazole rings is 1. The Morgan fingerprint density at radius 2 is 1.94 bits per heavy atom. The second kappa shape index (κ2) is 3.77. The molecule has 2 rings (SSSR count). The molecule has 4 heteroatoms. The summed E-state index contributed by atoms with van der Waals surface area (Å²) in [5.74, 6) is 1.11. The second-order valence-electron chi connectivity index (χ2n) is 5.70. The standard InChI is InChI=1S/C12H22N4/c1-12(2,3)16-7-6-15-9-13-11(14(4)5)10(15)8-16/h9H,6-8H2,1-5H3. The molecule has 4 nitrogen and oxygen atoms in total. The van der Waals surface area contributed by atoms with Crippen LogP contribution in [0.5, 0.6) is 0 Å². The van der Waals surface area contributed by atoms with Gasteiger partial charge < -0.3 is 9.47 Å². The van der Waals surface area contributed by atoms with E-state index in [-0.39, 0.29) is 5.54 Å². The van der Waals surface area contributed by atoms with E-state index < -0.39 is 0 Å². The van der Waals surface area contributed by atoms with Crippen molar-refractivity contribution in [1.82, 2.24) is 14.5 Å². The lowest BCUT2D eigenvalue weighted by Gasteiger charge is -2.39. The highest BCUT2D eigenvalue weighted by atomic mass is 15.3. The van der Waals surface area contributed by atoms with E-state index in [4.69, 9.17) is 0 Å². The first-order valence-corrected chi connectivity index (χ1v) is 5.86. The zero-order valence-electron chi connectivity index (χ0n) is 11.0. The lowest BCUT2D eigenvalue weighted by molar-refractivity contribution is 0.103. The molecule has 0 radical (unpaired) electrons. The largest absolute Gasteiger partial charge is 0.361 e. The van der Waals surface area contributed by atoms with Crippen LogP contribution in [0.2, 0.25) is 0 Å². The minimum Gasteiger partial charge on any atom is -0.361 e. The lowest BCUT2D eigenvalue weighted by Crippen LogP contribution is -2.45. The summed E-state index contributed by atoms with van der Waals surface area (Å²) in [4.78, 5) is 9.08. The lowest BCUT2D eigenvalue weighted by atomic mass is 10.0. The van der Waals surface area contributed by atoms with Gasteiger partial charge in [0.2, 0.25) is 0 Å². The number of hydrogen-bond donors (Lipinski definition) is 0. The first kappa shape index (κ1) is 11.5. The van der Waals surface area contributed by atoms with Gasteiger partial charge in [-0.1, -0.05) is 0 Å². The molecule has 1 aromatic rings. The highest BCUT2D eigenvalue weighted by Crippen LogP contribution is 2.26. The van der Waals surface area contributed by atoms with Crippen molar-refractivity contribution in [2.45, 2.75) is 39.4 Å². The van der Waals surface area contributed by atoms with Gasteiger partial charge in [0.15, 0.2) is 5.82 Å². The maximum Gasteiger partial charge on any atom is 0.150 e. The van der Waals surface area contributed by atoms with Crippen LogP contribution in [0.25, 0.3) is 0 Å². The third-order valence-electron chi connectivity index (χ3n) is 3.25. The van der Waals surface area contributed by atoms with E-state index in [0.717, 1.165) is 25.5 Å². The molecule has 0 atom stereocenters. The van der Waals surface area contributed by atoms with Crippen LogP contribution in [0.1, 0.15) is 26.5 Å². The average Bonchev–Trinajstić information content (AvgIpc) is 2.58. The summed E-state index contributed by atoms with van der Waals surface area (Å²) in [6, 6.07) is 0. The number of hydrogen-bond acceptors (Lipinski definition) is 3. The van der Waals surface area contributed by atoms with Gasteiger partial charge in [-0.25, -0.2) is 4.98 Å². The van der Waals surface area contributed by atoms with E-state index in [1.165, 1.54) is 5.69 Å². The van der Waals surface area contributed by atoms with Crippen LogP contribution < -0.4 is 4.90 Å². The molecule has 0 fully saturated rings. The van der Waals surface area contributed by atoms with Crippen LogP contribution in [0.15, 0.2) is 6.33 Å². The topological polar surface area (TPSA) is 24.3 Å². The molecule has 0 amide bonds. The minimum absolute atomic E-state index is 0.235. The summed E-state index contributed by atoms with van der Waals surface area (Å²) in [6.07, 6.45) is 1.96. The van der Waals surface area contributed by atoms with Gasteiger partial charge >= 0.3 is 0 Å². The van der Waals surface area contributed by atoms with Crippen molar-refractivity contribution >= 4 is 5.82 Å². The van der Waals surface area contributed by atoms with Gasteiger partial charge in [0, 0.05) is 39.3 Å². The molecule has 2 heterocycles. The van der Waals surface area contributed by atoms with Crippen LogP contribution in [-0.2, 0) is 13.1 Å². The van der Waals surface area contributed by atoms with Gasteiger partial charge in [0.05, 0.1) is 12.0 Å². The van der Waals surface area contributed by atoms with Crippen molar-refractivity contribution in [3.05, 3.63) is 12.0 Å². The van der Waals surface area contributed by atoms with E-state index >= 15 is 0 Å². The third-order valence-corrected chi connectivity index (χ3v) is 3.25. The van der Waals surface area contributed by atoms with E-state index in [0.29, 0.717) is 0 Å². The number of rotatable bonds is 1. The monoisotopic (exact) mass is 222 g/mol. The summed E-state index contributed by atoms with van der Waals surface area (Å²) in [5.41, 5.74) is 1.57. The highest BCUT2D eigenvalue weighted by Gasteiger charge is 2.28. The number of fused-ring (bicyclic) bond motifs is 1. The second-order valence-corrected chi connectivity index (χ2v) is 5.70. The number of aromatic nitrogens is 2. The van der Waals surface area contributed by atoms with Crippen LogP contribution in [0.3, 0.4) is 0 Å². The maximum absolute atomic E-state index is 4.48. The van der Waals surface area contributed by atoms with Crippen molar-refractivity contribution in [3.8, 4) is 0 Å². The fourth-order valence-corrected chi connectivity index (χ4v) is 2.19. The third kappa shape index (κ3) is 1.94. The van der Waals surface area contributed by atoms with Crippen molar-refractivity contribution in [1.29, 1.82) is 0 Å². The molecule has 16 heavy (non-hydrogen) atoms. The molecule has 1 aromatic heterocycles. The van der Waals surface area contributed by atoms with Gasteiger partial charge in [-0.05, 0) is 20.8 Å². The van der Waals surface area contributed by atoms with Crippen LogP contribution in [0, 0.1) is 0 Å². The smallest absolute Gasteiger partial charge is 0.150 e. The maximum atomic E-state index is 4.48. The molecular weight excluding hydrogens is 200 g/mol. The fraction of sp³-hybridized carbons (Fsp3) is 0.750. The molecule has 1 aliphatic heterocycles. The highest BCUT2D eigenvalue weighted by molar-refractivity contribution is 5.43. The average molecular weight is 222 g/mol. The first-order valence-electron chi connectivity index (χ1n) is 5.86. The van der Waals surface area contributed by atoms with E-state index in [1.807, 2.05) is 6.33 Å². The molecule has 0 aromatic carbocycles. The van der Waals surface area contributed by atoms with Gasteiger partial charge in [-0.15, -0.1) is 0 Å². The van der Waals surface area contributed by atoms with Crippen molar-refractivity contribution < 1.29 is 0 Å². The Bertz CT molecular complexity index is 373. The zero-order chi connectivity index (χ0) is 11.9. The Morgan fingerprint density at radius 3 is 2.50 bits per heavy atom. The normalized spacial score (nSPS) is 17.3. The molecule has 0 aliphatic carbocycles. The molecule has 0 bridgehead atoms. The quantitative estimate of drug-likeness (QED) is 0.721. The number of nitrogens with zero attached hydrogens (tertiary/aromatic N) is 4. The van der Waals surface area contributed by atoms with Crippen LogP contribution in [-0.4, -0.2) is 40.6 Å². The molecule has 0 saturated carbocycles. The molecule has 1 aliphatic rings. The molecule has 90 valence electrons. The van der Waals surface area contributed by atoms with Crippen molar-refractivity contribution in [2.24, 2.45) is 0 Å². The predicted molar refractivity (Wildman–Crippen MR) is 66.7 cm³/mol. The molecular formula is C12H22N4. The predicted octanol–water partition coefficient (Wildman–Crippen LogP) is 1.56. The Balaban J connectivity index is 2.28.